The van der Waals surface area contributed by atoms with E-state index >= 15 is 0 Å². The average Bonchev–Trinajstić information content (AvgIpc) is 2.84. The van der Waals surface area contributed by atoms with Crippen molar-refractivity contribution in [3.8, 4) is 17.6 Å². The topological polar surface area (TPSA) is 47.3 Å². The van der Waals surface area contributed by atoms with E-state index in [2.05, 4.69) is 16.8 Å². The molecule has 0 bridgehead atoms. The van der Waals surface area contributed by atoms with Gasteiger partial charge in [0.2, 0.25) is 0 Å². The first-order chi connectivity index (χ1) is 9.70. The van der Waals surface area contributed by atoms with E-state index in [9.17, 15) is 4.39 Å². The maximum absolute atomic E-state index is 13.2. The van der Waals surface area contributed by atoms with Crippen molar-refractivity contribution in [2.75, 3.05) is 13.2 Å². The van der Waals surface area contributed by atoms with Crippen LogP contribution in [-0.2, 0) is 13.5 Å². The van der Waals surface area contributed by atoms with Crippen LogP contribution < -0.4 is 4.74 Å². The van der Waals surface area contributed by atoms with Crippen molar-refractivity contribution < 1.29 is 14.2 Å². The molecule has 0 spiro atoms. The van der Waals surface area contributed by atoms with Crippen LogP contribution in [0.4, 0.5) is 4.39 Å². The Hall–Kier alpha value is -2.32. The number of aromatic nitrogens is 2. The number of halogens is 1. The summed E-state index contributed by atoms with van der Waals surface area (Å²) in [6, 6.07) is 4.14. The summed E-state index contributed by atoms with van der Waals surface area (Å²) in [6.45, 7) is 0.131. The number of aliphatic hydroxyl groups excluding tert-OH is 1. The monoisotopic (exact) mass is 274 g/mol. The van der Waals surface area contributed by atoms with Crippen LogP contribution in [0.3, 0.4) is 0 Å². The molecular formula is C15H15FN2O2. The molecule has 1 aromatic carbocycles. The van der Waals surface area contributed by atoms with Gasteiger partial charge in [0.15, 0.2) is 0 Å². The summed E-state index contributed by atoms with van der Waals surface area (Å²) in [4.78, 5) is 4.18. The summed E-state index contributed by atoms with van der Waals surface area (Å²) in [5.41, 5.74) is 0.556. The van der Waals surface area contributed by atoms with E-state index in [1.165, 1.54) is 18.2 Å². The minimum Gasteiger partial charge on any atom is -0.492 e. The fourth-order valence-corrected chi connectivity index (χ4v) is 1.74. The van der Waals surface area contributed by atoms with E-state index in [0.717, 1.165) is 5.82 Å². The summed E-state index contributed by atoms with van der Waals surface area (Å²) in [5, 5.41) is 8.71. The number of ether oxygens (including phenoxy) is 1. The first-order valence-electron chi connectivity index (χ1n) is 6.19. The van der Waals surface area contributed by atoms with Crippen molar-refractivity contribution in [2.45, 2.75) is 6.42 Å². The second-order valence-corrected chi connectivity index (χ2v) is 4.15. The van der Waals surface area contributed by atoms with E-state index in [1.807, 2.05) is 17.8 Å². The Balaban J connectivity index is 2.04. The second kappa shape index (κ2) is 6.73. The number of hydrogen-bond acceptors (Lipinski definition) is 3. The van der Waals surface area contributed by atoms with Crippen LogP contribution in [0.1, 0.15) is 11.4 Å². The van der Waals surface area contributed by atoms with Crippen LogP contribution in [-0.4, -0.2) is 27.9 Å². The minimum absolute atomic E-state index is 0.246. The molecule has 0 saturated heterocycles. The maximum atomic E-state index is 13.2. The Kier molecular flexibility index (Phi) is 4.75. The molecule has 4 nitrogen and oxygen atoms in total. The lowest BCUT2D eigenvalue weighted by atomic mass is 10.2. The zero-order valence-electron chi connectivity index (χ0n) is 11.1. The van der Waals surface area contributed by atoms with Crippen molar-refractivity contribution in [1.82, 2.24) is 9.55 Å². The van der Waals surface area contributed by atoms with Crippen LogP contribution in [0.5, 0.6) is 5.75 Å². The number of nitrogens with zero attached hydrogens (tertiary/aromatic N) is 2. The van der Waals surface area contributed by atoms with Gasteiger partial charge in [0, 0.05) is 31.9 Å². The molecule has 20 heavy (non-hydrogen) atoms. The Morgan fingerprint density at radius 2 is 2.30 bits per heavy atom. The Morgan fingerprint density at radius 1 is 1.45 bits per heavy atom. The molecule has 104 valence electrons. The zero-order chi connectivity index (χ0) is 14.4. The SMILES string of the molecule is Cn1ccnc1CCOc1cc(F)ccc1C#CCO. The maximum Gasteiger partial charge on any atom is 0.137 e. The van der Waals surface area contributed by atoms with Crippen LogP contribution in [0.15, 0.2) is 30.6 Å². The van der Waals surface area contributed by atoms with Crippen LogP contribution in [0.2, 0.25) is 0 Å². The quantitative estimate of drug-likeness (QED) is 0.860. The van der Waals surface area contributed by atoms with Crippen molar-refractivity contribution in [3.63, 3.8) is 0 Å². The molecule has 0 unspecified atom stereocenters. The fraction of sp³-hybridized carbons (Fsp3) is 0.267. The Bertz CT molecular complexity index is 641. The zero-order valence-corrected chi connectivity index (χ0v) is 11.1. The Labute approximate surface area is 116 Å². The third-order valence-electron chi connectivity index (χ3n) is 2.75. The molecule has 1 heterocycles. The number of benzene rings is 1. The normalized spacial score (nSPS) is 9.95. The van der Waals surface area contributed by atoms with Gasteiger partial charge in [-0.15, -0.1) is 0 Å². The van der Waals surface area contributed by atoms with Crippen LogP contribution in [0, 0.1) is 17.7 Å². The average molecular weight is 274 g/mol. The van der Waals surface area contributed by atoms with E-state index in [1.54, 1.807) is 6.20 Å². The number of aliphatic hydroxyl groups is 1. The molecule has 1 N–H and O–H groups in total. The number of rotatable bonds is 4. The van der Waals surface area contributed by atoms with Gasteiger partial charge in [0.25, 0.3) is 0 Å². The van der Waals surface area contributed by atoms with Gasteiger partial charge in [-0.2, -0.15) is 0 Å². The molecule has 0 radical (unpaired) electrons. The summed E-state index contributed by atoms with van der Waals surface area (Å²) >= 11 is 0. The lowest BCUT2D eigenvalue weighted by Gasteiger charge is -2.08. The standard InChI is InChI=1S/C15H15FN2O2/c1-18-8-7-17-15(18)6-10-20-14-11-13(16)5-4-12(14)3-2-9-19/h4-5,7-8,11,19H,6,9-10H2,1H3. The second-order valence-electron chi connectivity index (χ2n) is 4.15. The highest BCUT2D eigenvalue weighted by Crippen LogP contribution is 2.19. The van der Waals surface area contributed by atoms with Gasteiger partial charge in [-0.1, -0.05) is 11.8 Å². The van der Waals surface area contributed by atoms with Gasteiger partial charge in [0.1, 0.15) is 24.0 Å². The molecule has 5 heteroatoms. The summed E-state index contributed by atoms with van der Waals surface area (Å²) < 4.78 is 20.7. The van der Waals surface area contributed by atoms with E-state index in [0.29, 0.717) is 24.3 Å². The highest BCUT2D eigenvalue weighted by molar-refractivity contribution is 5.46. The van der Waals surface area contributed by atoms with Crippen molar-refractivity contribution in [3.05, 3.63) is 47.8 Å². The van der Waals surface area contributed by atoms with Gasteiger partial charge < -0.3 is 14.4 Å². The third-order valence-corrected chi connectivity index (χ3v) is 2.75. The molecular weight excluding hydrogens is 259 g/mol. The third kappa shape index (κ3) is 3.59. The predicted molar refractivity (Wildman–Crippen MR) is 72.8 cm³/mol. The van der Waals surface area contributed by atoms with E-state index in [4.69, 9.17) is 9.84 Å². The van der Waals surface area contributed by atoms with Crippen LogP contribution in [0.25, 0.3) is 0 Å². The molecule has 0 aliphatic rings. The van der Waals surface area contributed by atoms with Gasteiger partial charge in [-0.25, -0.2) is 9.37 Å². The van der Waals surface area contributed by atoms with Crippen LogP contribution >= 0.6 is 0 Å². The van der Waals surface area contributed by atoms with E-state index < -0.39 is 0 Å². The van der Waals surface area contributed by atoms with Gasteiger partial charge in [-0.05, 0) is 12.1 Å². The first kappa shape index (κ1) is 14.1. The van der Waals surface area contributed by atoms with E-state index in [-0.39, 0.29) is 12.4 Å². The minimum atomic E-state index is -0.383. The lowest BCUT2D eigenvalue weighted by molar-refractivity contribution is 0.315. The highest BCUT2D eigenvalue weighted by atomic mass is 19.1. The summed E-state index contributed by atoms with van der Waals surface area (Å²) in [5.74, 6) is 6.14. The molecule has 1 aromatic heterocycles. The fourth-order valence-electron chi connectivity index (χ4n) is 1.74. The molecule has 0 aliphatic carbocycles. The smallest absolute Gasteiger partial charge is 0.137 e. The predicted octanol–water partition coefficient (Wildman–Crippen LogP) is 1.52. The van der Waals surface area contributed by atoms with Gasteiger partial charge in [0.05, 0.1) is 12.2 Å². The number of hydrogen-bond donors (Lipinski definition) is 1. The molecule has 0 aliphatic heterocycles. The molecule has 0 saturated carbocycles. The molecule has 0 atom stereocenters. The van der Waals surface area contributed by atoms with Crippen molar-refractivity contribution in [2.24, 2.45) is 7.05 Å². The van der Waals surface area contributed by atoms with Crippen molar-refractivity contribution >= 4 is 0 Å². The number of aryl methyl sites for hydroxylation is 1. The molecule has 2 aromatic rings. The highest BCUT2D eigenvalue weighted by Gasteiger charge is 2.05. The molecule has 2 rings (SSSR count). The largest absolute Gasteiger partial charge is 0.492 e. The van der Waals surface area contributed by atoms with Gasteiger partial charge in [-0.3, -0.25) is 0 Å². The summed E-state index contributed by atoms with van der Waals surface area (Å²) in [7, 11) is 1.91. The molecule has 0 fully saturated rings. The lowest BCUT2D eigenvalue weighted by Crippen LogP contribution is -2.07. The Morgan fingerprint density at radius 3 is 3.00 bits per heavy atom. The van der Waals surface area contributed by atoms with Crippen molar-refractivity contribution in [1.29, 1.82) is 0 Å². The van der Waals surface area contributed by atoms with Gasteiger partial charge >= 0.3 is 0 Å². The molecule has 0 amide bonds. The summed E-state index contributed by atoms with van der Waals surface area (Å²) in [6.07, 6.45) is 4.19. The first-order valence-corrected chi connectivity index (χ1v) is 6.19. The number of imidazole rings is 1.